The number of nitrogens with one attached hydrogen (secondary N) is 1. The predicted octanol–water partition coefficient (Wildman–Crippen LogP) is 5.83. The summed E-state index contributed by atoms with van der Waals surface area (Å²) in [6.07, 6.45) is 1.21. The zero-order chi connectivity index (χ0) is 30.3. The van der Waals surface area contributed by atoms with E-state index in [9.17, 15) is 20.3 Å². The molecule has 0 saturated carbocycles. The number of hydrogen-bond donors (Lipinski definition) is 3. The number of benzene rings is 4. The van der Waals surface area contributed by atoms with Crippen molar-refractivity contribution in [2.24, 2.45) is 0 Å². The first-order chi connectivity index (χ1) is 20.9. The molecule has 0 aliphatic carbocycles. The molecule has 220 valence electrons. The number of rotatable bonds is 11. The summed E-state index contributed by atoms with van der Waals surface area (Å²) in [5.41, 5.74) is 8.15. The third-order valence-electron chi connectivity index (χ3n) is 7.63. The number of nitrogens with zero attached hydrogens (tertiary/aromatic N) is 1. The summed E-state index contributed by atoms with van der Waals surface area (Å²) >= 11 is 0. The van der Waals surface area contributed by atoms with E-state index < -0.39 is 18.6 Å². The number of aliphatic hydroxyl groups is 1. The average molecular weight is 579 g/mol. The number of nitriles is 1. The quantitative estimate of drug-likeness (QED) is 0.203. The van der Waals surface area contributed by atoms with E-state index in [2.05, 4.69) is 24.4 Å². The number of aliphatic carboxylic acids is 1. The first-order valence-corrected chi connectivity index (χ1v) is 14.2. The van der Waals surface area contributed by atoms with E-state index in [0.29, 0.717) is 49.7 Å². The molecule has 0 saturated heterocycles. The standard InChI is InChI=1S/C35H34N2O6/c1-22-15-30(37-31(20-38)35(39)40)27(10-9-24-5-3-6-25(16-24)19-36)18-33(22)43-21-28-7-4-8-29(23(28)2)26-11-12-32-34(17-26)42-14-13-41-32/h3-8,11-12,15-18,31,37-38H,9-10,13-14,20-21H2,1-2H3,(H,39,40). The van der Waals surface area contributed by atoms with Gasteiger partial charge in [-0.15, -0.1) is 0 Å². The van der Waals surface area contributed by atoms with E-state index >= 15 is 0 Å². The molecule has 0 bridgehead atoms. The summed E-state index contributed by atoms with van der Waals surface area (Å²) < 4.78 is 17.8. The highest BCUT2D eigenvalue weighted by molar-refractivity contribution is 5.78. The third kappa shape index (κ3) is 6.91. The molecule has 8 nitrogen and oxygen atoms in total. The van der Waals surface area contributed by atoms with Gasteiger partial charge in [-0.1, -0.05) is 36.4 Å². The molecule has 0 radical (unpaired) electrons. The highest BCUT2D eigenvalue weighted by Crippen LogP contribution is 2.36. The van der Waals surface area contributed by atoms with E-state index in [-0.39, 0.29) is 0 Å². The smallest absolute Gasteiger partial charge is 0.328 e. The molecule has 43 heavy (non-hydrogen) atoms. The molecule has 0 spiro atoms. The summed E-state index contributed by atoms with van der Waals surface area (Å²) in [7, 11) is 0. The van der Waals surface area contributed by atoms with Crippen LogP contribution in [0, 0.1) is 25.2 Å². The first-order valence-electron chi connectivity index (χ1n) is 14.2. The molecule has 4 aromatic rings. The molecule has 1 unspecified atom stereocenters. The number of fused-ring (bicyclic) bond motifs is 1. The van der Waals surface area contributed by atoms with Crippen molar-refractivity contribution in [1.29, 1.82) is 5.26 Å². The Morgan fingerprint density at radius 2 is 1.77 bits per heavy atom. The Balaban J connectivity index is 1.39. The Morgan fingerprint density at radius 3 is 2.53 bits per heavy atom. The molecule has 0 aromatic heterocycles. The van der Waals surface area contributed by atoms with Gasteiger partial charge in [0, 0.05) is 5.69 Å². The molecule has 5 rings (SSSR count). The van der Waals surface area contributed by atoms with Crippen molar-refractivity contribution in [3.63, 3.8) is 0 Å². The molecular weight excluding hydrogens is 544 g/mol. The minimum absolute atomic E-state index is 0.343. The van der Waals surface area contributed by atoms with Gasteiger partial charge in [-0.3, -0.25) is 0 Å². The van der Waals surface area contributed by atoms with Crippen LogP contribution in [-0.4, -0.2) is 42.0 Å². The van der Waals surface area contributed by atoms with Crippen molar-refractivity contribution in [3.8, 4) is 34.4 Å². The lowest BCUT2D eigenvalue weighted by Gasteiger charge is -2.21. The number of carboxylic acid groups (broad SMARTS) is 1. The normalized spacial score (nSPS) is 12.7. The molecule has 0 fully saturated rings. The van der Waals surface area contributed by atoms with Gasteiger partial charge in [-0.05, 0) is 102 Å². The van der Waals surface area contributed by atoms with Crippen LogP contribution in [0.1, 0.15) is 33.4 Å². The molecule has 1 aliphatic rings. The number of carbonyl (C=O) groups is 1. The maximum Gasteiger partial charge on any atom is 0.328 e. The fourth-order valence-electron chi connectivity index (χ4n) is 5.19. The van der Waals surface area contributed by atoms with Crippen LogP contribution in [0.2, 0.25) is 0 Å². The summed E-state index contributed by atoms with van der Waals surface area (Å²) in [4.78, 5) is 11.6. The Hall–Kier alpha value is -5.00. The number of aliphatic hydroxyl groups excluding tert-OH is 1. The molecule has 8 heteroatoms. The van der Waals surface area contributed by atoms with Gasteiger partial charge < -0.3 is 29.7 Å². The third-order valence-corrected chi connectivity index (χ3v) is 7.63. The van der Waals surface area contributed by atoms with Crippen LogP contribution in [0.4, 0.5) is 5.69 Å². The van der Waals surface area contributed by atoms with Gasteiger partial charge >= 0.3 is 5.97 Å². The lowest BCUT2D eigenvalue weighted by molar-refractivity contribution is -0.138. The topological polar surface area (TPSA) is 121 Å². The Labute approximate surface area is 251 Å². The van der Waals surface area contributed by atoms with Gasteiger partial charge in [0.25, 0.3) is 0 Å². The van der Waals surface area contributed by atoms with Crippen LogP contribution >= 0.6 is 0 Å². The van der Waals surface area contributed by atoms with Gasteiger partial charge in [0.05, 0.1) is 18.2 Å². The van der Waals surface area contributed by atoms with E-state index in [1.807, 2.05) is 67.6 Å². The van der Waals surface area contributed by atoms with Crippen LogP contribution in [0.25, 0.3) is 11.1 Å². The number of aryl methyl sites for hydroxylation is 3. The maximum absolute atomic E-state index is 11.6. The van der Waals surface area contributed by atoms with Crippen LogP contribution in [0.5, 0.6) is 17.2 Å². The average Bonchev–Trinajstić information content (AvgIpc) is 3.02. The summed E-state index contributed by atoms with van der Waals surface area (Å²) in [5, 5.41) is 31.4. The monoisotopic (exact) mass is 578 g/mol. The van der Waals surface area contributed by atoms with Gasteiger partial charge in [-0.2, -0.15) is 5.26 Å². The fourth-order valence-corrected chi connectivity index (χ4v) is 5.19. The predicted molar refractivity (Wildman–Crippen MR) is 164 cm³/mol. The Morgan fingerprint density at radius 1 is 0.977 bits per heavy atom. The lowest BCUT2D eigenvalue weighted by Crippen LogP contribution is -2.33. The van der Waals surface area contributed by atoms with E-state index in [0.717, 1.165) is 50.4 Å². The number of hydrogen-bond acceptors (Lipinski definition) is 7. The molecule has 4 aromatic carbocycles. The summed E-state index contributed by atoms with van der Waals surface area (Å²) in [6, 6.07) is 24.4. The Kier molecular flexibility index (Phi) is 9.14. The van der Waals surface area contributed by atoms with E-state index in [4.69, 9.17) is 14.2 Å². The largest absolute Gasteiger partial charge is 0.489 e. The van der Waals surface area contributed by atoms with E-state index in [1.165, 1.54) is 0 Å². The molecule has 0 amide bonds. The second-order valence-electron chi connectivity index (χ2n) is 10.5. The van der Waals surface area contributed by atoms with E-state index in [1.54, 1.807) is 6.07 Å². The summed E-state index contributed by atoms with van der Waals surface area (Å²) in [6.45, 7) is 4.86. The van der Waals surface area contributed by atoms with Gasteiger partial charge in [-0.25, -0.2) is 4.79 Å². The van der Waals surface area contributed by atoms with Gasteiger partial charge in [0.15, 0.2) is 11.5 Å². The van der Waals surface area contributed by atoms with Crippen molar-refractivity contribution in [1.82, 2.24) is 0 Å². The van der Waals surface area contributed by atoms with Crippen LogP contribution in [0.15, 0.2) is 72.8 Å². The highest BCUT2D eigenvalue weighted by Gasteiger charge is 2.19. The highest BCUT2D eigenvalue weighted by atomic mass is 16.6. The lowest BCUT2D eigenvalue weighted by atomic mass is 9.96. The second-order valence-corrected chi connectivity index (χ2v) is 10.5. The van der Waals surface area contributed by atoms with Crippen LogP contribution < -0.4 is 19.5 Å². The zero-order valence-corrected chi connectivity index (χ0v) is 24.2. The number of ether oxygens (including phenoxy) is 3. The molecule has 1 atom stereocenters. The minimum atomic E-state index is -1.14. The first kappa shape index (κ1) is 29.5. The van der Waals surface area contributed by atoms with Crippen molar-refractivity contribution in [2.75, 3.05) is 25.1 Å². The second kappa shape index (κ2) is 13.3. The molecule has 1 aliphatic heterocycles. The molecule has 1 heterocycles. The van der Waals surface area contributed by atoms with Crippen molar-refractivity contribution in [2.45, 2.75) is 39.3 Å². The SMILES string of the molecule is Cc1cc(NC(CO)C(=O)O)c(CCc2cccc(C#N)c2)cc1OCc1cccc(-c2ccc3c(c2)OCCO3)c1C. The summed E-state index contributed by atoms with van der Waals surface area (Å²) in [5.74, 6) is 1.04. The van der Waals surface area contributed by atoms with Gasteiger partial charge in [0.1, 0.15) is 31.6 Å². The van der Waals surface area contributed by atoms with Crippen molar-refractivity contribution < 1.29 is 29.2 Å². The number of anilines is 1. The maximum atomic E-state index is 11.6. The fraction of sp³-hybridized carbons (Fsp3) is 0.257. The van der Waals surface area contributed by atoms with Crippen LogP contribution in [0.3, 0.4) is 0 Å². The van der Waals surface area contributed by atoms with Crippen molar-refractivity contribution >= 4 is 11.7 Å². The van der Waals surface area contributed by atoms with Crippen LogP contribution in [-0.2, 0) is 24.2 Å². The van der Waals surface area contributed by atoms with Gasteiger partial charge in [0.2, 0.25) is 0 Å². The molecular formula is C35H34N2O6. The Bertz CT molecular complexity index is 1680. The van der Waals surface area contributed by atoms with Crippen molar-refractivity contribution in [3.05, 3.63) is 106 Å². The molecule has 3 N–H and O–H groups in total. The minimum Gasteiger partial charge on any atom is -0.489 e. The number of carboxylic acids is 1. The zero-order valence-electron chi connectivity index (χ0n) is 24.2.